The number of carbonyl (C=O) groups excluding carboxylic acids is 2. The largest absolute Gasteiger partial charge is 0.465 e. The molecule has 3 rings (SSSR count). The highest BCUT2D eigenvalue weighted by molar-refractivity contribution is 7.15. The Balaban J connectivity index is 1.89. The van der Waals surface area contributed by atoms with Crippen LogP contribution >= 0.6 is 11.3 Å². The lowest BCUT2D eigenvalue weighted by atomic mass is 10.1. The smallest absolute Gasteiger partial charge is 0.416 e. The highest BCUT2D eigenvalue weighted by atomic mass is 32.1. The number of alkyl halides is 3. The maximum atomic E-state index is 12.7. The van der Waals surface area contributed by atoms with E-state index in [-0.39, 0.29) is 16.7 Å². The lowest BCUT2D eigenvalue weighted by Gasteiger charge is -2.07. The zero-order chi connectivity index (χ0) is 21.2. The van der Waals surface area contributed by atoms with Crippen molar-refractivity contribution in [1.82, 2.24) is 4.98 Å². The summed E-state index contributed by atoms with van der Waals surface area (Å²) < 4.78 is 48.2. The molecule has 3 aromatic rings. The van der Waals surface area contributed by atoms with Crippen molar-refractivity contribution in [3.63, 3.8) is 0 Å². The number of ether oxygens (including phenoxy) is 2. The van der Waals surface area contributed by atoms with Gasteiger partial charge in [-0.3, -0.25) is 4.79 Å². The number of thiazole rings is 1. The Kier molecular flexibility index (Phi) is 5.69. The van der Waals surface area contributed by atoms with Crippen molar-refractivity contribution in [2.45, 2.75) is 13.1 Å². The molecule has 0 fully saturated rings. The van der Waals surface area contributed by atoms with Crippen LogP contribution in [0, 0.1) is 0 Å². The third-order valence-electron chi connectivity index (χ3n) is 3.89. The van der Waals surface area contributed by atoms with Crippen LogP contribution in [-0.4, -0.2) is 23.8 Å². The molecule has 0 aliphatic carbocycles. The van der Waals surface area contributed by atoms with Gasteiger partial charge in [-0.25, -0.2) is 9.78 Å². The van der Waals surface area contributed by atoms with Crippen molar-refractivity contribution < 1.29 is 32.2 Å². The van der Waals surface area contributed by atoms with Crippen LogP contribution in [0.3, 0.4) is 0 Å². The first-order valence-electron chi connectivity index (χ1n) is 8.24. The van der Waals surface area contributed by atoms with Gasteiger partial charge >= 0.3 is 12.1 Å². The highest BCUT2D eigenvalue weighted by Gasteiger charge is 2.30. The number of esters is 1. The molecule has 0 unspecified atom stereocenters. The molecule has 0 aliphatic heterocycles. The van der Waals surface area contributed by atoms with Crippen LogP contribution in [0.2, 0.25) is 0 Å². The van der Waals surface area contributed by atoms with E-state index in [0.29, 0.717) is 21.7 Å². The first-order valence-corrected chi connectivity index (χ1v) is 9.06. The molecule has 9 heteroatoms. The molecule has 0 atom stereocenters. The molecule has 1 heterocycles. The molecule has 0 aliphatic rings. The number of carbonyl (C=O) groups is 2. The van der Waals surface area contributed by atoms with Gasteiger partial charge in [0.05, 0.1) is 23.9 Å². The Bertz CT molecular complexity index is 1040. The summed E-state index contributed by atoms with van der Waals surface area (Å²) in [5.74, 6) is -0.570. The highest BCUT2D eigenvalue weighted by Crippen LogP contribution is 2.36. The quantitative estimate of drug-likeness (QED) is 0.396. The number of nitrogens with zero attached hydrogens (tertiary/aromatic N) is 1. The van der Waals surface area contributed by atoms with Crippen molar-refractivity contribution >= 4 is 23.1 Å². The van der Waals surface area contributed by atoms with Crippen LogP contribution in [0.5, 0.6) is 10.9 Å². The molecule has 150 valence electrons. The summed E-state index contributed by atoms with van der Waals surface area (Å²) in [7, 11) is 1.27. The van der Waals surface area contributed by atoms with E-state index in [4.69, 9.17) is 4.74 Å². The molecule has 29 heavy (non-hydrogen) atoms. The summed E-state index contributed by atoms with van der Waals surface area (Å²) in [6, 6.07) is 10.5. The number of methoxy groups -OCH3 is 1. The van der Waals surface area contributed by atoms with Crippen LogP contribution < -0.4 is 4.74 Å². The van der Waals surface area contributed by atoms with Crippen LogP contribution in [-0.2, 0) is 10.9 Å². The average Bonchev–Trinajstić information content (AvgIpc) is 3.11. The predicted octanol–water partition coefficient (Wildman–Crippen LogP) is 5.61. The Morgan fingerprint density at radius 2 is 1.62 bits per heavy atom. The lowest BCUT2D eigenvalue weighted by Crippen LogP contribution is -2.03. The van der Waals surface area contributed by atoms with Gasteiger partial charge in [0.25, 0.3) is 5.19 Å². The molecular weight excluding hydrogens is 407 g/mol. The van der Waals surface area contributed by atoms with E-state index in [1.807, 2.05) is 0 Å². The molecule has 0 radical (unpaired) electrons. The maximum absolute atomic E-state index is 12.7. The van der Waals surface area contributed by atoms with Gasteiger partial charge in [-0.2, -0.15) is 13.2 Å². The predicted molar refractivity (Wildman–Crippen MR) is 100 cm³/mol. The fourth-order valence-electron chi connectivity index (χ4n) is 2.47. The Morgan fingerprint density at radius 3 is 2.14 bits per heavy atom. The number of Topliss-reactive ketones (excluding diaryl/α,β-unsaturated/α-hetero) is 1. The second-order valence-electron chi connectivity index (χ2n) is 5.91. The molecular formula is C20H14F3NO4S. The number of halogens is 3. The fourth-order valence-corrected chi connectivity index (χ4v) is 3.33. The minimum Gasteiger partial charge on any atom is -0.465 e. The maximum Gasteiger partial charge on any atom is 0.416 e. The van der Waals surface area contributed by atoms with E-state index in [0.717, 1.165) is 23.5 Å². The standard InChI is InChI=1S/C20H14F3NO4S/c1-11(25)17-16(12-3-5-13(6-4-12)18(26)27-2)24-19(29-17)28-15-9-7-14(8-10-15)20(21,22)23/h3-10H,1-2H3. The average molecular weight is 421 g/mol. The van der Waals surface area contributed by atoms with Crippen molar-refractivity contribution in [2.24, 2.45) is 0 Å². The summed E-state index contributed by atoms with van der Waals surface area (Å²) in [5, 5.41) is 0.113. The molecule has 0 N–H and O–H groups in total. The number of hydrogen-bond donors (Lipinski definition) is 0. The zero-order valence-electron chi connectivity index (χ0n) is 15.2. The summed E-state index contributed by atoms with van der Waals surface area (Å²) in [5.41, 5.74) is 0.499. The molecule has 0 bridgehead atoms. The van der Waals surface area contributed by atoms with E-state index >= 15 is 0 Å². The SMILES string of the molecule is COC(=O)c1ccc(-c2nc(Oc3ccc(C(F)(F)F)cc3)sc2C(C)=O)cc1. The Hall–Kier alpha value is -3.20. The summed E-state index contributed by atoms with van der Waals surface area (Å²) in [6.45, 7) is 1.38. The van der Waals surface area contributed by atoms with Crippen molar-refractivity contribution in [3.8, 4) is 22.2 Å². The van der Waals surface area contributed by atoms with E-state index in [2.05, 4.69) is 9.72 Å². The molecule has 0 spiro atoms. The van der Waals surface area contributed by atoms with Crippen LogP contribution in [0.1, 0.15) is 32.5 Å². The van der Waals surface area contributed by atoms with Gasteiger partial charge in [0.2, 0.25) is 0 Å². The number of benzene rings is 2. The normalized spacial score (nSPS) is 11.2. The summed E-state index contributed by atoms with van der Waals surface area (Å²) in [6.07, 6.45) is -4.44. The molecule has 0 saturated heterocycles. The van der Waals surface area contributed by atoms with Crippen molar-refractivity contribution in [1.29, 1.82) is 0 Å². The fraction of sp³-hybridized carbons (Fsp3) is 0.150. The molecule has 2 aromatic carbocycles. The van der Waals surface area contributed by atoms with Gasteiger partial charge in [0.15, 0.2) is 5.78 Å². The number of hydrogen-bond acceptors (Lipinski definition) is 6. The second kappa shape index (κ2) is 8.04. The van der Waals surface area contributed by atoms with E-state index in [1.54, 1.807) is 24.3 Å². The summed E-state index contributed by atoms with van der Waals surface area (Å²) >= 11 is 0.985. The third kappa shape index (κ3) is 4.62. The Morgan fingerprint density at radius 1 is 1.00 bits per heavy atom. The van der Waals surface area contributed by atoms with E-state index < -0.39 is 17.7 Å². The van der Waals surface area contributed by atoms with E-state index in [9.17, 15) is 22.8 Å². The zero-order valence-corrected chi connectivity index (χ0v) is 16.1. The van der Waals surface area contributed by atoms with Gasteiger partial charge in [-0.05, 0) is 36.4 Å². The van der Waals surface area contributed by atoms with Gasteiger partial charge in [-0.1, -0.05) is 23.5 Å². The van der Waals surface area contributed by atoms with Gasteiger partial charge in [0, 0.05) is 12.5 Å². The second-order valence-corrected chi connectivity index (χ2v) is 6.87. The number of aromatic nitrogens is 1. The van der Waals surface area contributed by atoms with Crippen molar-refractivity contribution in [2.75, 3.05) is 7.11 Å². The number of rotatable bonds is 5. The third-order valence-corrected chi connectivity index (χ3v) is 4.93. The van der Waals surface area contributed by atoms with Gasteiger partial charge in [0.1, 0.15) is 10.6 Å². The first-order chi connectivity index (χ1) is 13.7. The summed E-state index contributed by atoms with van der Waals surface area (Å²) in [4.78, 5) is 28.2. The first kappa shape index (κ1) is 20.5. The molecule has 5 nitrogen and oxygen atoms in total. The Labute approximate surface area is 167 Å². The van der Waals surface area contributed by atoms with Gasteiger partial charge < -0.3 is 9.47 Å². The molecule has 1 aromatic heterocycles. The van der Waals surface area contributed by atoms with Crippen molar-refractivity contribution in [3.05, 3.63) is 64.5 Å². The topological polar surface area (TPSA) is 65.5 Å². The van der Waals surface area contributed by atoms with Gasteiger partial charge in [-0.15, -0.1) is 0 Å². The molecule has 0 saturated carbocycles. The molecule has 0 amide bonds. The van der Waals surface area contributed by atoms with E-state index in [1.165, 1.54) is 26.2 Å². The number of ketones is 1. The monoisotopic (exact) mass is 421 g/mol. The minimum atomic E-state index is -4.44. The van der Waals surface area contributed by atoms with Crippen LogP contribution in [0.4, 0.5) is 13.2 Å². The van der Waals surface area contributed by atoms with Crippen LogP contribution in [0.25, 0.3) is 11.3 Å². The van der Waals surface area contributed by atoms with Crippen LogP contribution in [0.15, 0.2) is 48.5 Å². The minimum absolute atomic E-state index is 0.113. The lowest BCUT2D eigenvalue weighted by molar-refractivity contribution is -0.137.